The number of nitrogens with one attached hydrogen (secondary N) is 3. The van der Waals surface area contributed by atoms with Gasteiger partial charge in [-0.15, -0.1) is 24.0 Å². The standard InChI is InChI=1S/C14H22N4O2.HI/c1-3-15-14(18-11-9-10(11)2)17-7-6-16-13(19)12-5-4-8-20-12;/h4-5,8,10-11H,3,6-7,9H2,1-2H3,(H,16,19)(H2,15,17,18);1H. The number of carbonyl (C=O) groups is 1. The lowest BCUT2D eigenvalue weighted by atomic mass is 10.4. The summed E-state index contributed by atoms with van der Waals surface area (Å²) >= 11 is 0. The predicted octanol–water partition coefficient (Wildman–Crippen LogP) is 1.59. The number of guanidine groups is 1. The highest BCUT2D eigenvalue weighted by atomic mass is 127. The van der Waals surface area contributed by atoms with Gasteiger partial charge in [0.1, 0.15) is 0 Å². The molecule has 1 heterocycles. The topological polar surface area (TPSA) is 78.7 Å². The molecule has 21 heavy (non-hydrogen) atoms. The fourth-order valence-corrected chi connectivity index (χ4v) is 1.85. The summed E-state index contributed by atoms with van der Waals surface area (Å²) in [5.41, 5.74) is 0. The van der Waals surface area contributed by atoms with E-state index in [1.807, 2.05) is 6.92 Å². The van der Waals surface area contributed by atoms with Crippen LogP contribution < -0.4 is 16.0 Å². The van der Waals surface area contributed by atoms with Gasteiger partial charge in [-0.25, -0.2) is 0 Å². The minimum Gasteiger partial charge on any atom is -0.459 e. The van der Waals surface area contributed by atoms with Gasteiger partial charge in [0, 0.05) is 19.1 Å². The van der Waals surface area contributed by atoms with Crippen molar-refractivity contribution in [2.24, 2.45) is 10.9 Å². The van der Waals surface area contributed by atoms with E-state index in [1.54, 1.807) is 12.1 Å². The van der Waals surface area contributed by atoms with Crippen molar-refractivity contribution in [3.63, 3.8) is 0 Å². The number of hydrogen-bond acceptors (Lipinski definition) is 3. The summed E-state index contributed by atoms with van der Waals surface area (Å²) in [6, 6.07) is 3.86. The number of nitrogens with zero attached hydrogens (tertiary/aromatic N) is 1. The van der Waals surface area contributed by atoms with Crippen LogP contribution in [0.1, 0.15) is 30.8 Å². The Morgan fingerprint density at radius 1 is 1.48 bits per heavy atom. The first kappa shape index (κ1) is 17.8. The third-order valence-electron chi connectivity index (χ3n) is 3.19. The van der Waals surface area contributed by atoms with Crippen molar-refractivity contribution in [2.75, 3.05) is 19.6 Å². The van der Waals surface area contributed by atoms with Crippen LogP contribution in [-0.4, -0.2) is 37.5 Å². The molecule has 2 rings (SSSR count). The monoisotopic (exact) mass is 406 g/mol. The maximum Gasteiger partial charge on any atom is 0.287 e. The number of hydrogen-bond donors (Lipinski definition) is 3. The molecule has 0 bridgehead atoms. The van der Waals surface area contributed by atoms with E-state index in [-0.39, 0.29) is 29.9 Å². The van der Waals surface area contributed by atoms with Crippen molar-refractivity contribution in [3.8, 4) is 0 Å². The molecule has 0 saturated heterocycles. The third-order valence-corrected chi connectivity index (χ3v) is 3.19. The van der Waals surface area contributed by atoms with Crippen LogP contribution in [0.2, 0.25) is 0 Å². The lowest BCUT2D eigenvalue weighted by Crippen LogP contribution is -2.39. The van der Waals surface area contributed by atoms with Crippen molar-refractivity contribution in [2.45, 2.75) is 26.3 Å². The zero-order valence-electron chi connectivity index (χ0n) is 12.4. The van der Waals surface area contributed by atoms with E-state index in [4.69, 9.17) is 4.42 Å². The lowest BCUT2D eigenvalue weighted by Gasteiger charge is -2.10. The Morgan fingerprint density at radius 3 is 2.81 bits per heavy atom. The van der Waals surface area contributed by atoms with Crippen LogP contribution in [0.25, 0.3) is 0 Å². The number of aliphatic imine (C=N–C) groups is 1. The summed E-state index contributed by atoms with van der Waals surface area (Å²) in [5, 5.41) is 9.33. The van der Waals surface area contributed by atoms with E-state index in [0.717, 1.165) is 18.4 Å². The second-order valence-electron chi connectivity index (χ2n) is 4.96. The van der Waals surface area contributed by atoms with Gasteiger partial charge in [0.25, 0.3) is 5.91 Å². The zero-order valence-corrected chi connectivity index (χ0v) is 14.7. The molecular weight excluding hydrogens is 383 g/mol. The largest absolute Gasteiger partial charge is 0.459 e. The Balaban J connectivity index is 0.00000220. The molecule has 0 aliphatic heterocycles. The van der Waals surface area contributed by atoms with Gasteiger partial charge in [-0.2, -0.15) is 0 Å². The highest BCUT2D eigenvalue weighted by molar-refractivity contribution is 14.0. The molecular formula is C14H23IN4O2. The Bertz CT molecular complexity index is 462. The van der Waals surface area contributed by atoms with E-state index in [9.17, 15) is 4.79 Å². The highest BCUT2D eigenvalue weighted by Gasteiger charge is 2.33. The van der Waals surface area contributed by atoms with Gasteiger partial charge in [0.05, 0.1) is 12.8 Å². The molecule has 1 aromatic heterocycles. The second-order valence-corrected chi connectivity index (χ2v) is 4.96. The Hall–Kier alpha value is -1.25. The minimum atomic E-state index is -0.209. The molecule has 1 aliphatic carbocycles. The van der Waals surface area contributed by atoms with Gasteiger partial charge in [-0.05, 0) is 31.4 Å². The molecule has 3 N–H and O–H groups in total. The molecule has 0 aromatic carbocycles. The molecule has 118 valence electrons. The van der Waals surface area contributed by atoms with E-state index in [2.05, 4.69) is 27.9 Å². The summed E-state index contributed by atoms with van der Waals surface area (Å²) in [5.74, 6) is 1.65. The molecule has 7 heteroatoms. The molecule has 2 atom stereocenters. The summed E-state index contributed by atoms with van der Waals surface area (Å²) in [6.45, 7) is 6.09. The Kier molecular flexibility index (Phi) is 7.55. The molecule has 0 spiro atoms. The maximum absolute atomic E-state index is 11.6. The number of carbonyl (C=O) groups excluding carboxylic acids is 1. The number of halogens is 1. The van der Waals surface area contributed by atoms with Crippen LogP contribution in [0.15, 0.2) is 27.8 Å². The van der Waals surface area contributed by atoms with Gasteiger partial charge >= 0.3 is 0 Å². The quantitative estimate of drug-likeness (QED) is 0.290. The van der Waals surface area contributed by atoms with Gasteiger partial charge in [0.15, 0.2) is 11.7 Å². The van der Waals surface area contributed by atoms with Gasteiger partial charge in [-0.3, -0.25) is 9.79 Å². The molecule has 0 radical (unpaired) electrons. The highest BCUT2D eigenvalue weighted by Crippen LogP contribution is 2.28. The summed E-state index contributed by atoms with van der Waals surface area (Å²) in [4.78, 5) is 16.1. The summed E-state index contributed by atoms with van der Waals surface area (Å²) < 4.78 is 5.01. The summed E-state index contributed by atoms with van der Waals surface area (Å²) in [6.07, 6.45) is 2.68. The fourth-order valence-electron chi connectivity index (χ4n) is 1.85. The first-order valence-electron chi connectivity index (χ1n) is 7.07. The normalized spacial score (nSPS) is 20.4. The van der Waals surface area contributed by atoms with Gasteiger partial charge in [0.2, 0.25) is 0 Å². The van der Waals surface area contributed by atoms with Gasteiger partial charge < -0.3 is 20.4 Å². The lowest BCUT2D eigenvalue weighted by molar-refractivity contribution is 0.0927. The van der Waals surface area contributed by atoms with E-state index < -0.39 is 0 Å². The number of amides is 1. The fraction of sp³-hybridized carbons (Fsp3) is 0.571. The number of rotatable bonds is 6. The third kappa shape index (κ3) is 5.94. The Labute approximate surface area is 142 Å². The van der Waals surface area contributed by atoms with E-state index in [0.29, 0.717) is 24.9 Å². The SMILES string of the molecule is CCNC(=NCCNC(=O)c1ccco1)NC1CC1C.I. The maximum atomic E-state index is 11.6. The molecule has 1 saturated carbocycles. The van der Waals surface area contributed by atoms with Crippen LogP contribution in [0.4, 0.5) is 0 Å². The van der Waals surface area contributed by atoms with Crippen LogP contribution in [0, 0.1) is 5.92 Å². The molecule has 1 fully saturated rings. The van der Waals surface area contributed by atoms with Crippen molar-refractivity contribution in [1.29, 1.82) is 0 Å². The average Bonchev–Trinajstić information content (AvgIpc) is 2.94. The zero-order chi connectivity index (χ0) is 14.4. The van der Waals surface area contributed by atoms with E-state index >= 15 is 0 Å². The molecule has 1 aliphatic rings. The van der Waals surface area contributed by atoms with Crippen LogP contribution in [-0.2, 0) is 0 Å². The van der Waals surface area contributed by atoms with Crippen molar-refractivity contribution in [1.82, 2.24) is 16.0 Å². The first-order valence-corrected chi connectivity index (χ1v) is 7.07. The summed E-state index contributed by atoms with van der Waals surface area (Å²) in [7, 11) is 0. The van der Waals surface area contributed by atoms with Crippen molar-refractivity contribution in [3.05, 3.63) is 24.2 Å². The molecule has 1 aromatic rings. The van der Waals surface area contributed by atoms with Crippen LogP contribution >= 0.6 is 24.0 Å². The minimum absolute atomic E-state index is 0. The second kappa shape index (κ2) is 8.91. The van der Waals surface area contributed by atoms with Gasteiger partial charge in [-0.1, -0.05) is 6.92 Å². The van der Waals surface area contributed by atoms with Crippen molar-refractivity contribution >= 4 is 35.8 Å². The predicted molar refractivity (Wildman–Crippen MR) is 93.1 cm³/mol. The van der Waals surface area contributed by atoms with Crippen LogP contribution in [0.3, 0.4) is 0 Å². The van der Waals surface area contributed by atoms with Crippen molar-refractivity contribution < 1.29 is 9.21 Å². The Morgan fingerprint density at radius 2 is 2.24 bits per heavy atom. The number of furan rings is 1. The smallest absolute Gasteiger partial charge is 0.287 e. The molecule has 1 amide bonds. The molecule has 6 nitrogen and oxygen atoms in total. The molecule has 2 unspecified atom stereocenters. The average molecular weight is 406 g/mol. The first-order chi connectivity index (χ1) is 9.70. The van der Waals surface area contributed by atoms with E-state index in [1.165, 1.54) is 12.7 Å². The van der Waals surface area contributed by atoms with Crippen LogP contribution in [0.5, 0.6) is 0 Å².